The van der Waals surface area contributed by atoms with E-state index in [-0.39, 0.29) is 5.56 Å². The Bertz CT molecular complexity index is 952. The van der Waals surface area contributed by atoms with Gasteiger partial charge < -0.3 is 0 Å². The van der Waals surface area contributed by atoms with Crippen LogP contribution in [0.5, 0.6) is 0 Å². The van der Waals surface area contributed by atoms with Gasteiger partial charge in [-0.2, -0.15) is 0 Å². The molecule has 118 valence electrons. The summed E-state index contributed by atoms with van der Waals surface area (Å²) in [6, 6.07) is 8.12. The summed E-state index contributed by atoms with van der Waals surface area (Å²) in [5.41, 5.74) is 3.45. The molecule has 23 heavy (non-hydrogen) atoms. The van der Waals surface area contributed by atoms with Crippen molar-refractivity contribution in [1.82, 2.24) is 9.55 Å². The van der Waals surface area contributed by atoms with Crippen molar-refractivity contribution in [2.45, 2.75) is 46.0 Å². The zero-order valence-electron chi connectivity index (χ0n) is 13.6. The van der Waals surface area contributed by atoms with Gasteiger partial charge in [-0.05, 0) is 55.9 Å². The van der Waals surface area contributed by atoms with Gasteiger partial charge in [-0.15, -0.1) is 11.3 Å². The molecule has 0 bridgehead atoms. The number of nitrogens with zero attached hydrogens (tertiary/aromatic N) is 2. The maximum absolute atomic E-state index is 13.3. The first-order chi connectivity index (χ1) is 11.2. The minimum absolute atomic E-state index is 0.108. The molecule has 3 aromatic rings. The van der Waals surface area contributed by atoms with Crippen molar-refractivity contribution in [2.24, 2.45) is 0 Å². The van der Waals surface area contributed by atoms with Crippen LogP contribution in [-0.2, 0) is 19.3 Å². The zero-order valence-corrected chi connectivity index (χ0v) is 14.4. The molecule has 0 atom stereocenters. The quantitative estimate of drug-likeness (QED) is 0.708. The predicted octanol–water partition coefficient (Wildman–Crippen LogP) is 4.20. The van der Waals surface area contributed by atoms with Gasteiger partial charge in [-0.25, -0.2) is 4.98 Å². The first-order valence-electron chi connectivity index (χ1n) is 8.32. The van der Waals surface area contributed by atoms with Crippen LogP contribution in [0.15, 0.2) is 29.1 Å². The second-order valence-corrected chi connectivity index (χ2v) is 7.34. The maximum Gasteiger partial charge on any atom is 0.267 e. The molecule has 0 unspecified atom stereocenters. The molecule has 0 N–H and O–H groups in total. The minimum Gasteiger partial charge on any atom is -0.268 e. The Balaban J connectivity index is 2.07. The number of aromatic nitrogens is 2. The molecule has 0 saturated carbocycles. The first-order valence-corrected chi connectivity index (χ1v) is 9.14. The molecule has 0 spiro atoms. The van der Waals surface area contributed by atoms with Gasteiger partial charge >= 0.3 is 0 Å². The number of thiophene rings is 1. The van der Waals surface area contributed by atoms with Crippen molar-refractivity contribution in [2.75, 3.05) is 0 Å². The third kappa shape index (κ3) is 2.32. The first kappa shape index (κ1) is 14.6. The SMILES string of the molecule is CCc1nc2sc3c(c2c(=O)n1-c1cccc(C)c1)CCCC3. The summed E-state index contributed by atoms with van der Waals surface area (Å²) in [5.74, 6) is 0.853. The number of aryl methyl sites for hydroxylation is 4. The van der Waals surface area contributed by atoms with Gasteiger partial charge in [-0.3, -0.25) is 9.36 Å². The predicted molar refractivity (Wildman–Crippen MR) is 96.0 cm³/mol. The van der Waals surface area contributed by atoms with E-state index in [2.05, 4.69) is 26.0 Å². The lowest BCUT2D eigenvalue weighted by atomic mass is 9.97. The van der Waals surface area contributed by atoms with Crippen molar-refractivity contribution in [3.8, 4) is 5.69 Å². The van der Waals surface area contributed by atoms with E-state index >= 15 is 0 Å². The number of hydrogen-bond acceptors (Lipinski definition) is 3. The Labute approximate surface area is 139 Å². The van der Waals surface area contributed by atoms with E-state index in [0.29, 0.717) is 0 Å². The highest BCUT2D eigenvalue weighted by Gasteiger charge is 2.22. The number of fused-ring (bicyclic) bond motifs is 3. The van der Waals surface area contributed by atoms with Gasteiger partial charge in [0, 0.05) is 11.3 Å². The van der Waals surface area contributed by atoms with E-state index in [1.807, 2.05) is 16.7 Å². The Hall–Kier alpha value is -1.94. The van der Waals surface area contributed by atoms with Crippen LogP contribution in [0.2, 0.25) is 0 Å². The summed E-state index contributed by atoms with van der Waals surface area (Å²) < 4.78 is 1.82. The van der Waals surface area contributed by atoms with Crippen molar-refractivity contribution >= 4 is 21.6 Å². The summed E-state index contributed by atoms with van der Waals surface area (Å²) in [6.45, 7) is 4.12. The van der Waals surface area contributed by atoms with E-state index in [4.69, 9.17) is 4.98 Å². The highest BCUT2D eigenvalue weighted by Crippen LogP contribution is 2.34. The summed E-state index contributed by atoms with van der Waals surface area (Å²) in [5, 5.41) is 0.864. The molecule has 0 fully saturated rings. The summed E-state index contributed by atoms with van der Waals surface area (Å²) in [4.78, 5) is 20.4. The maximum atomic E-state index is 13.3. The molecule has 0 amide bonds. The smallest absolute Gasteiger partial charge is 0.267 e. The van der Waals surface area contributed by atoms with Crippen LogP contribution in [0.4, 0.5) is 0 Å². The van der Waals surface area contributed by atoms with Crippen LogP contribution in [-0.4, -0.2) is 9.55 Å². The molecule has 1 aromatic carbocycles. The lowest BCUT2D eigenvalue weighted by Gasteiger charge is -2.13. The molecule has 4 heteroatoms. The average Bonchev–Trinajstić information content (AvgIpc) is 2.93. The lowest BCUT2D eigenvalue weighted by molar-refractivity contribution is 0.699. The van der Waals surface area contributed by atoms with Crippen molar-refractivity contribution in [3.63, 3.8) is 0 Å². The Kier molecular flexibility index (Phi) is 3.57. The van der Waals surface area contributed by atoms with Gasteiger partial charge in [0.05, 0.1) is 11.1 Å². The third-order valence-electron chi connectivity index (χ3n) is 4.63. The highest BCUT2D eigenvalue weighted by atomic mass is 32.1. The summed E-state index contributed by atoms with van der Waals surface area (Å²) in [6.07, 6.45) is 5.28. The minimum atomic E-state index is 0.108. The molecular weight excluding hydrogens is 304 g/mol. The Morgan fingerprint density at radius 2 is 2.09 bits per heavy atom. The third-order valence-corrected chi connectivity index (χ3v) is 5.82. The molecule has 1 aliphatic carbocycles. The summed E-state index contributed by atoms with van der Waals surface area (Å²) in [7, 11) is 0. The molecule has 3 nitrogen and oxygen atoms in total. The van der Waals surface area contributed by atoms with E-state index in [1.165, 1.54) is 23.3 Å². The number of benzene rings is 1. The van der Waals surface area contributed by atoms with Crippen LogP contribution >= 0.6 is 11.3 Å². The molecule has 2 aromatic heterocycles. The van der Waals surface area contributed by atoms with E-state index in [1.54, 1.807) is 11.3 Å². The van der Waals surface area contributed by atoms with Gasteiger partial charge in [0.1, 0.15) is 10.7 Å². The van der Waals surface area contributed by atoms with Gasteiger partial charge in [0.15, 0.2) is 0 Å². The van der Waals surface area contributed by atoms with E-state index < -0.39 is 0 Å². The van der Waals surface area contributed by atoms with Gasteiger partial charge in [0.2, 0.25) is 0 Å². The molecule has 2 heterocycles. The molecule has 0 aliphatic heterocycles. The van der Waals surface area contributed by atoms with Crippen LogP contribution < -0.4 is 5.56 Å². The fourth-order valence-electron chi connectivity index (χ4n) is 3.52. The number of rotatable bonds is 2. The average molecular weight is 324 g/mol. The zero-order chi connectivity index (χ0) is 16.0. The van der Waals surface area contributed by atoms with Crippen molar-refractivity contribution in [3.05, 3.63) is 56.4 Å². The second-order valence-electron chi connectivity index (χ2n) is 6.25. The van der Waals surface area contributed by atoms with Gasteiger partial charge in [0.25, 0.3) is 5.56 Å². The highest BCUT2D eigenvalue weighted by molar-refractivity contribution is 7.18. The largest absolute Gasteiger partial charge is 0.268 e. The standard InChI is InChI=1S/C19H20N2OS/c1-3-16-20-18-17(14-9-4-5-10-15(14)23-18)19(22)21(16)13-8-6-7-12(2)11-13/h6-8,11H,3-5,9-10H2,1-2H3. The molecule has 1 aliphatic rings. The normalized spacial score (nSPS) is 14.2. The fourth-order valence-corrected chi connectivity index (χ4v) is 4.79. The van der Waals surface area contributed by atoms with Crippen molar-refractivity contribution in [1.29, 1.82) is 0 Å². The second kappa shape index (κ2) is 5.60. The summed E-state index contributed by atoms with van der Waals surface area (Å²) >= 11 is 1.73. The lowest BCUT2D eigenvalue weighted by Crippen LogP contribution is -2.24. The van der Waals surface area contributed by atoms with E-state index in [9.17, 15) is 4.79 Å². The van der Waals surface area contributed by atoms with Crippen LogP contribution in [0.3, 0.4) is 0 Å². The van der Waals surface area contributed by atoms with E-state index in [0.717, 1.165) is 46.6 Å². The molecule has 0 radical (unpaired) electrons. The van der Waals surface area contributed by atoms with Crippen LogP contribution in [0.25, 0.3) is 15.9 Å². The van der Waals surface area contributed by atoms with Crippen LogP contribution in [0.1, 0.15) is 41.6 Å². The van der Waals surface area contributed by atoms with Gasteiger partial charge in [-0.1, -0.05) is 19.1 Å². The fraction of sp³-hybridized carbons (Fsp3) is 0.368. The molecule has 0 saturated heterocycles. The molecular formula is C19H20N2OS. The molecule has 4 rings (SSSR count). The Morgan fingerprint density at radius 1 is 1.26 bits per heavy atom. The number of hydrogen-bond donors (Lipinski definition) is 0. The Morgan fingerprint density at radius 3 is 2.87 bits per heavy atom. The van der Waals surface area contributed by atoms with Crippen molar-refractivity contribution < 1.29 is 0 Å². The van der Waals surface area contributed by atoms with Crippen LogP contribution in [0, 0.1) is 6.92 Å². The topological polar surface area (TPSA) is 34.9 Å². The monoisotopic (exact) mass is 324 g/mol.